The summed E-state index contributed by atoms with van der Waals surface area (Å²) in [5.41, 5.74) is 0.257. The number of rotatable bonds is 5. The monoisotopic (exact) mass is 276 g/mol. The molecule has 0 unspecified atom stereocenters. The molecule has 0 amide bonds. The molecule has 0 spiro atoms. The lowest BCUT2D eigenvalue weighted by atomic mass is 10.1. The van der Waals surface area contributed by atoms with Gasteiger partial charge in [0.05, 0.1) is 5.56 Å². The summed E-state index contributed by atoms with van der Waals surface area (Å²) in [5, 5.41) is 11.7. The number of pyridine rings is 1. The van der Waals surface area contributed by atoms with Crippen molar-refractivity contribution in [3.63, 3.8) is 0 Å². The quantitative estimate of drug-likeness (QED) is 0.851. The highest BCUT2D eigenvalue weighted by Gasteiger charge is 2.12. The molecule has 0 bridgehead atoms. The van der Waals surface area contributed by atoms with Crippen molar-refractivity contribution in [3.8, 4) is 0 Å². The summed E-state index contributed by atoms with van der Waals surface area (Å²) in [6, 6.07) is 7.51. The van der Waals surface area contributed by atoms with Crippen LogP contribution in [0.25, 0.3) is 10.8 Å². The molecule has 1 N–H and O–H groups in total. The molecule has 1 aromatic carbocycles. The summed E-state index contributed by atoms with van der Waals surface area (Å²) in [7, 11) is 4.05. The molecule has 0 saturated carbocycles. The topological polar surface area (TPSA) is 53.4 Å². The van der Waals surface area contributed by atoms with Gasteiger partial charge < -0.3 is 10.0 Å². The van der Waals surface area contributed by atoms with Crippen LogP contribution in [-0.4, -0.2) is 47.4 Å². The third kappa shape index (κ3) is 3.24. The number of hydrogen-bond donors (Lipinski definition) is 1. The van der Waals surface area contributed by atoms with Gasteiger partial charge in [-0.2, -0.15) is 0 Å². The third-order valence-corrected chi connectivity index (χ3v) is 3.75. The minimum absolute atomic E-state index is 0.257. The molecule has 0 aliphatic carbocycles. The predicted octanol–water partition coefficient (Wildman–Crippen LogP) is 2.59. The fraction of sp³-hybridized carbons (Fsp3) is 0.286. The Kier molecular flexibility index (Phi) is 4.39. The Morgan fingerprint density at radius 1 is 1.32 bits per heavy atom. The zero-order valence-electron chi connectivity index (χ0n) is 11.0. The first kappa shape index (κ1) is 13.8. The Morgan fingerprint density at radius 3 is 2.63 bits per heavy atom. The molecule has 5 heteroatoms. The van der Waals surface area contributed by atoms with Gasteiger partial charge in [0.1, 0.15) is 5.03 Å². The fourth-order valence-electron chi connectivity index (χ4n) is 1.78. The lowest BCUT2D eigenvalue weighted by molar-refractivity contribution is 0.0698. The Labute approximate surface area is 116 Å². The lowest BCUT2D eigenvalue weighted by Gasteiger charge is -2.10. The second-order valence-corrected chi connectivity index (χ2v) is 5.56. The third-order valence-electron chi connectivity index (χ3n) is 2.77. The summed E-state index contributed by atoms with van der Waals surface area (Å²) < 4.78 is 0. The predicted molar refractivity (Wildman–Crippen MR) is 78.0 cm³/mol. The van der Waals surface area contributed by atoms with Gasteiger partial charge in [0.2, 0.25) is 0 Å². The van der Waals surface area contributed by atoms with Crippen LogP contribution >= 0.6 is 11.8 Å². The van der Waals surface area contributed by atoms with E-state index in [9.17, 15) is 4.79 Å². The molecule has 0 aliphatic rings. The van der Waals surface area contributed by atoms with Crippen molar-refractivity contribution >= 4 is 28.5 Å². The molecule has 0 atom stereocenters. The average molecular weight is 276 g/mol. The van der Waals surface area contributed by atoms with Crippen LogP contribution in [0.3, 0.4) is 0 Å². The number of aromatic nitrogens is 1. The van der Waals surface area contributed by atoms with Gasteiger partial charge in [0.25, 0.3) is 0 Å². The standard InChI is InChI=1S/C14H16N2O2S/c1-16(2)7-8-19-13-11-6-4-3-5-10(11)12(9-15-13)14(17)18/h3-6,9H,7-8H2,1-2H3,(H,17,18). The number of carboxylic acid groups (broad SMARTS) is 1. The highest BCUT2D eigenvalue weighted by atomic mass is 32.2. The van der Waals surface area contributed by atoms with Crippen LogP contribution in [0.15, 0.2) is 35.5 Å². The Morgan fingerprint density at radius 2 is 2.00 bits per heavy atom. The molecule has 0 fully saturated rings. The van der Waals surface area contributed by atoms with E-state index < -0.39 is 5.97 Å². The van der Waals surface area contributed by atoms with E-state index in [1.54, 1.807) is 11.8 Å². The van der Waals surface area contributed by atoms with Gasteiger partial charge in [0, 0.05) is 29.3 Å². The van der Waals surface area contributed by atoms with Crippen molar-refractivity contribution in [1.29, 1.82) is 0 Å². The van der Waals surface area contributed by atoms with Gasteiger partial charge in [-0.3, -0.25) is 0 Å². The van der Waals surface area contributed by atoms with Crippen molar-refractivity contribution in [2.24, 2.45) is 0 Å². The molecular formula is C14H16N2O2S. The zero-order valence-corrected chi connectivity index (χ0v) is 11.8. The van der Waals surface area contributed by atoms with E-state index in [0.29, 0.717) is 0 Å². The minimum atomic E-state index is -0.937. The van der Waals surface area contributed by atoms with Crippen LogP contribution in [0, 0.1) is 0 Å². The second-order valence-electron chi connectivity index (χ2n) is 4.48. The van der Waals surface area contributed by atoms with Crippen LogP contribution in [0.1, 0.15) is 10.4 Å². The van der Waals surface area contributed by atoms with E-state index in [1.165, 1.54) is 6.20 Å². The number of benzene rings is 1. The van der Waals surface area contributed by atoms with Gasteiger partial charge in [-0.25, -0.2) is 9.78 Å². The van der Waals surface area contributed by atoms with E-state index in [2.05, 4.69) is 9.88 Å². The number of thioether (sulfide) groups is 1. The number of carbonyl (C=O) groups is 1. The Balaban J connectivity index is 2.36. The summed E-state index contributed by atoms with van der Waals surface area (Å²) in [6.07, 6.45) is 1.45. The van der Waals surface area contributed by atoms with Crippen molar-refractivity contribution in [3.05, 3.63) is 36.0 Å². The van der Waals surface area contributed by atoms with E-state index in [1.807, 2.05) is 38.4 Å². The number of fused-ring (bicyclic) bond motifs is 1. The summed E-state index contributed by atoms with van der Waals surface area (Å²) in [5.74, 6) is -0.00954. The maximum absolute atomic E-state index is 11.2. The second kappa shape index (κ2) is 6.04. The molecule has 2 aromatic rings. The van der Waals surface area contributed by atoms with Crippen molar-refractivity contribution in [2.45, 2.75) is 5.03 Å². The highest BCUT2D eigenvalue weighted by molar-refractivity contribution is 7.99. The molecule has 4 nitrogen and oxygen atoms in total. The van der Waals surface area contributed by atoms with Crippen molar-refractivity contribution < 1.29 is 9.90 Å². The Bertz CT molecular complexity index is 599. The van der Waals surface area contributed by atoms with Crippen LogP contribution in [0.2, 0.25) is 0 Å². The molecule has 2 rings (SSSR count). The lowest BCUT2D eigenvalue weighted by Crippen LogP contribution is -2.14. The molecule has 100 valence electrons. The number of aromatic carboxylic acids is 1. The maximum Gasteiger partial charge on any atom is 0.337 e. The molecule has 0 saturated heterocycles. The van der Waals surface area contributed by atoms with E-state index in [-0.39, 0.29) is 5.56 Å². The van der Waals surface area contributed by atoms with Crippen LogP contribution in [-0.2, 0) is 0 Å². The Hall–Kier alpha value is -1.59. The van der Waals surface area contributed by atoms with Crippen molar-refractivity contribution in [2.75, 3.05) is 26.4 Å². The fourth-order valence-corrected chi connectivity index (χ4v) is 2.89. The molecular weight excluding hydrogens is 260 g/mol. The number of carboxylic acids is 1. The minimum Gasteiger partial charge on any atom is -0.478 e. The smallest absolute Gasteiger partial charge is 0.337 e. The first-order valence-electron chi connectivity index (χ1n) is 5.98. The van der Waals surface area contributed by atoms with Gasteiger partial charge >= 0.3 is 5.97 Å². The van der Waals surface area contributed by atoms with Crippen LogP contribution < -0.4 is 0 Å². The molecule has 0 aliphatic heterocycles. The summed E-state index contributed by atoms with van der Waals surface area (Å²) in [4.78, 5) is 17.6. The van der Waals surface area contributed by atoms with E-state index >= 15 is 0 Å². The normalized spacial score (nSPS) is 11.1. The summed E-state index contributed by atoms with van der Waals surface area (Å²) in [6.45, 7) is 0.960. The number of hydrogen-bond acceptors (Lipinski definition) is 4. The van der Waals surface area contributed by atoms with Crippen LogP contribution in [0.5, 0.6) is 0 Å². The molecule has 0 radical (unpaired) electrons. The SMILES string of the molecule is CN(C)CCSc1ncc(C(=O)O)c2ccccc12. The zero-order chi connectivity index (χ0) is 13.8. The highest BCUT2D eigenvalue weighted by Crippen LogP contribution is 2.27. The van der Waals surface area contributed by atoms with E-state index in [4.69, 9.17) is 5.11 Å². The maximum atomic E-state index is 11.2. The largest absolute Gasteiger partial charge is 0.478 e. The van der Waals surface area contributed by atoms with Crippen LogP contribution in [0.4, 0.5) is 0 Å². The first-order valence-corrected chi connectivity index (χ1v) is 6.96. The average Bonchev–Trinajstić information content (AvgIpc) is 2.38. The first-order chi connectivity index (χ1) is 9.09. The van der Waals surface area contributed by atoms with Gasteiger partial charge in [-0.1, -0.05) is 24.3 Å². The molecule has 1 aromatic heterocycles. The van der Waals surface area contributed by atoms with Gasteiger partial charge in [-0.15, -0.1) is 11.8 Å². The summed E-state index contributed by atoms with van der Waals surface area (Å²) >= 11 is 1.65. The van der Waals surface area contributed by atoms with Gasteiger partial charge in [0.15, 0.2) is 0 Å². The van der Waals surface area contributed by atoms with Crippen molar-refractivity contribution in [1.82, 2.24) is 9.88 Å². The van der Waals surface area contributed by atoms with Gasteiger partial charge in [-0.05, 0) is 14.1 Å². The number of nitrogens with zero attached hydrogens (tertiary/aromatic N) is 2. The van der Waals surface area contributed by atoms with E-state index in [0.717, 1.165) is 28.1 Å². The molecule has 1 heterocycles. The molecule has 19 heavy (non-hydrogen) atoms.